The average molecular weight is 237 g/mol. The van der Waals surface area contributed by atoms with Gasteiger partial charge in [-0.05, 0) is 36.6 Å². The van der Waals surface area contributed by atoms with Crippen LogP contribution in [0.25, 0.3) is 21.8 Å². The monoisotopic (exact) mass is 237 g/mol. The van der Waals surface area contributed by atoms with Gasteiger partial charge in [-0.25, -0.2) is 0 Å². The number of aliphatic hydroxyl groups is 1. The Balaban J connectivity index is 1.89. The smallest absolute Gasteiger partial charge is 0.0690 e. The number of aromatic amines is 1. The molecule has 1 fully saturated rings. The molecule has 4 rings (SSSR count). The SMILES string of the molecule is OC1(Cc2ccc3[nH]c4ccccc4c3c2)CC1. The number of para-hydroxylation sites is 1. The van der Waals surface area contributed by atoms with E-state index >= 15 is 0 Å². The van der Waals surface area contributed by atoms with Crippen LogP contribution in [0.1, 0.15) is 18.4 Å². The summed E-state index contributed by atoms with van der Waals surface area (Å²) in [4.78, 5) is 3.42. The molecule has 3 aromatic rings. The Morgan fingerprint density at radius 1 is 1.00 bits per heavy atom. The van der Waals surface area contributed by atoms with Gasteiger partial charge >= 0.3 is 0 Å². The number of hydrogen-bond donors (Lipinski definition) is 2. The molecule has 2 aromatic carbocycles. The summed E-state index contributed by atoms with van der Waals surface area (Å²) in [7, 11) is 0. The molecule has 0 amide bonds. The van der Waals surface area contributed by atoms with Crippen LogP contribution in [0.3, 0.4) is 0 Å². The Bertz CT molecular complexity index is 737. The van der Waals surface area contributed by atoms with Crippen LogP contribution in [0.15, 0.2) is 42.5 Å². The van der Waals surface area contributed by atoms with E-state index in [-0.39, 0.29) is 0 Å². The fraction of sp³-hybridized carbons (Fsp3) is 0.250. The van der Waals surface area contributed by atoms with Gasteiger partial charge in [0.25, 0.3) is 0 Å². The van der Waals surface area contributed by atoms with E-state index < -0.39 is 5.60 Å². The quantitative estimate of drug-likeness (QED) is 0.704. The lowest BCUT2D eigenvalue weighted by Crippen LogP contribution is -2.10. The van der Waals surface area contributed by atoms with Gasteiger partial charge in [-0.15, -0.1) is 0 Å². The number of benzene rings is 2. The normalized spacial score (nSPS) is 17.4. The van der Waals surface area contributed by atoms with Crippen molar-refractivity contribution in [2.75, 3.05) is 0 Å². The molecule has 90 valence electrons. The number of fused-ring (bicyclic) bond motifs is 3. The molecule has 18 heavy (non-hydrogen) atoms. The highest BCUT2D eigenvalue weighted by Crippen LogP contribution is 2.39. The minimum atomic E-state index is -0.417. The fourth-order valence-corrected chi connectivity index (χ4v) is 2.71. The molecule has 0 saturated heterocycles. The predicted octanol–water partition coefficient (Wildman–Crippen LogP) is 3.39. The third kappa shape index (κ3) is 1.53. The third-order valence-corrected chi connectivity index (χ3v) is 3.93. The fourth-order valence-electron chi connectivity index (χ4n) is 2.71. The van der Waals surface area contributed by atoms with Crippen LogP contribution in [0.5, 0.6) is 0 Å². The van der Waals surface area contributed by atoms with Gasteiger partial charge in [-0.2, -0.15) is 0 Å². The highest BCUT2D eigenvalue weighted by atomic mass is 16.3. The van der Waals surface area contributed by atoms with Crippen molar-refractivity contribution in [1.82, 2.24) is 4.98 Å². The molecule has 1 heterocycles. The van der Waals surface area contributed by atoms with Crippen molar-refractivity contribution >= 4 is 21.8 Å². The molecular formula is C16H15NO. The van der Waals surface area contributed by atoms with Crippen LogP contribution in [0, 0.1) is 0 Å². The largest absolute Gasteiger partial charge is 0.390 e. The van der Waals surface area contributed by atoms with Crippen LogP contribution < -0.4 is 0 Å². The minimum absolute atomic E-state index is 0.417. The summed E-state index contributed by atoms with van der Waals surface area (Å²) in [5.41, 5.74) is 3.16. The molecular weight excluding hydrogens is 222 g/mol. The zero-order chi connectivity index (χ0) is 12.2. The molecule has 1 aliphatic rings. The highest BCUT2D eigenvalue weighted by molar-refractivity contribution is 6.07. The lowest BCUT2D eigenvalue weighted by Gasteiger charge is -2.07. The van der Waals surface area contributed by atoms with E-state index in [2.05, 4.69) is 41.4 Å². The van der Waals surface area contributed by atoms with Gasteiger partial charge < -0.3 is 10.1 Å². The van der Waals surface area contributed by atoms with Gasteiger partial charge in [0.1, 0.15) is 0 Å². The summed E-state index contributed by atoms with van der Waals surface area (Å²) in [6.45, 7) is 0. The van der Waals surface area contributed by atoms with Gasteiger partial charge in [-0.1, -0.05) is 24.3 Å². The summed E-state index contributed by atoms with van der Waals surface area (Å²) in [6.07, 6.45) is 2.67. The molecule has 1 aliphatic carbocycles. The number of rotatable bonds is 2. The zero-order valence-electron chi connectivity index (χ0n) is 10.1. The Morgan fingerprint density at radius 3 is 2.61 bits per heavy atom. The van der Waals surface area contributed by atoms with Crippen molar-refractivity contribution in [3.05, 3.63) is 48.0 Å². The molecule has 0 spiro atoms. The van der Waals surface area contributed by atoms with Crippen LogP contribution >= 0.6 is 0 Å². The van der Waals surface area contributed by atoms with Crippen molar-refractivity contribution in [3.8, 4) is 0 Å². The second-order valence-electron chi connectivity index (χ2n) is 5.45. The van der Waals surface area contributed by atoms with E-state index in [0.29, 0.717) is 0 Å². The van der Waals surface area contributed by atoms with E-state index in [1.165, 1.54) is 27.4 Å². The maximum Gasteiger partial charge on any atom is 0.0690 e. The van der Waals surface area contributed by atoms with Gasteiger partial charge in [0.15, 0.2) is 0 Å². The molecule has 2 N–H and O–H groups in total. The maximum absolute atomic E-state index is 10.0. The van der Waals surface area contributed by atoms with Gasteiger partial charge in [0, 0.05) is 28.2 Å². The average Bonchev–Trinajstić information content (AvgIpc) is 2.98. The van der Waals surface area contributed by atoms with Gasteiger partial charge in [0.05, 0.1) is 5.60 Å². The van der Waals surface area contributed by atoms with Crippen molar-refractivity contribution in [2.24, 2.45) is 0 Å². The Morgan fingerprint density at radius 2 is 1.78 bits per heavy atom. The van der Waals surface area contributed by atoms with E-state index in [1.807, 2.05) is 6.07 Å². The molecule has 2 heteroatoms. The van der Waals surface area contributed by atoms with Crippen molar-refractivity contribution in [2.45, 2.75) is 24.9 Å². The van der Waals surface area contributed by atoms with Crippen LogP contribution in [0.4, 0.5) is 0 Å². The lowest BCUT2D eigenvalue weighted by atomic mass is 10.0. The van der Waals surface area contributed by atoms with Crippen LogP contribution in [0.2, 0.25) is 0 Å². The highest BCUT2D eigenvalue weighted by Gasteiger charge is 2.40. The third-order valence-electron chi connectivity index (χ3n) is 3.93. The van der Waals surface area contributed by atoms with Crippen LogP contribution in [-0.4, -0.2) is 15.7 Å². The first-order valence-corrected chi connectivity index (χ1v) is 6.45. The van der Waals surface area contributed by atoms with E-state index in [1.54, 1.807) is 0 Å². The molecule has 1 saturated carbocycles. The maximum atomic E-state index is 10.0. The first kappa shape index (κ1) is 10.2. The Labute approximate surface area is 105 Å². The van der Waals surface area contributed by atoms with E-state index in [9.17, 15) is 5.11 Å². The molecule has 0 aliphatic heterocycles. The number of H-pyrrole nitrogens is 1. The summed E-state index contributed by atoms with van der Waals surface area (Å²) in [6, 6.07) is 14.8. The van der Waals surface area contributed by atoms with Crippen LogP contribution in [-0.2, 0) is 6.42 Å². The molecule has 1 aromatic heterocycles. The second kappa shape index (κ2) is 3.36. The van der Waals surface area contributed by atoms with Gasteiger partial charge in [0.2, 0.25) is 0 Å². The molecule has 0 atom stereocenters. The number of nitrogens with one attached hydrogen (secondary N) is 1. The van der Waals surface area contributed by atoms with Gasteiger partial charge in [-0.3, -0.25) is 0 Å². The minimum Gasteiger partial charge on any atom is -0.390 e. The predicted molar refractivity (Wildman–Crippen MR) is 73.7 cm³/mol. The van der Waals surface area contributed by atoms with Crippen molar-refractivity contribution in [3.63, 3.8) is 0 Å². The topological polar surface area (TPSA) is 36.0 Å². The molecule has 0 bridgehead atoms. The number of hydrogen-bond acceptors (Lipinski definition) is 1. The molecule has 0 unspecified atom stereocenters. The summed E-state index contributed by atoms with van der Waals surface area (Å²) < 4.78 is 0. The first-order valence-electron chi connectivity index (χ1n) is 6.45. The molecule has 0 radical (unpaired) electrons. The lowest BCUT2D eigenvalue weighted by molar-refractivity contribution is 0.151. The standard InChI is InChI=1S/C16H15NO/c18-16(7-8-16)10-11-5-6-15-13(9-11)12-3-1-2-4-14(12)17-15/h1-6,9,17-18H,7-8,10H2. The summed E-state index contributed by atoms with van der Waals surface area (Å²) in [5, 5.41) is 12.5. The second-order valence-corrected chi connectivity index (χ2v) is 5.45. The summed E-state index contributed by atoms with van der Waals surface area (Å²) >= 11 is 0. The van der Waals surface area contributed by atoms with E-state index in [4.69, 9.17) is 0 Å². The Hall–Kier alpha value is -1.80. The Kier molecular flexibility index (Phi) is 1.90. The van der Waals surface area contributed by atoms with Crippen molar-refractivity contribution in [1.29, 1.82) is 0 Å². The zero-order valence-corrected chi connectivity index (χ0v) is 10.1. The van der Waals surface area contributed by atoms with Crippen molar-refractivity contribution < 1.29 is 5.11 Å². The first-order chi connectivity index (χ1) is 8.73. The number of aromatic nitrogens is 1. The van der Waals surface area contributed by atoms with E-state index in [0.717, 1.165) is 19.3 Å². The summed E-state index contributed by atoms with van der Waals surface area (Å²) in [5.74, 6) is 0. The molecule has 2 nitrogen and oxygen atoms in total.